The van der Waals surface area contributed by atoms with Crippen LogP contribution in [0.25, 0.3) is 16.9 Å². The second kappa shape index (κ2) is 3.41. The lowest BCUT2D eigenvalue weighted by atomic mass is 10.2. The zero-order chi connectivity index (χ0) is 11.0. The lowest BCUT2D eigenvalue weighted by Crippen LogP contribution is -1.90. The van der Waals surface area contributed by atoms with Crippen LogP contribution in [0.4, 0.5) is 0 Å². The summed E-state index contributed by atoms with van der Waals surface area (Å²) in [5.41, 5.74) is 3.99. The molecule has 0 unspecified atom stereocenters. The van der Waals surface area contributed by atoms with E-state index in [1.807, 2.05) is 31.3 Å². The molecule has 0 atom stereocenters. The summed E-state index contributed by atoms with van der Waals surface area (Å²) in [6, 6.07) is 5.84. The lowest BCUT2D eigenvalue weighted by Gasteiger charge is -1.93. The van der Waals surface area contributed by atoms with Gasteiger partial charge in [-0.25, -0.2) is 9.50 Å². The van der Waals surface area contributed by atoms with Gasteiger partial charge in [0.25, 0.3) is 0 Å². The van der Waals surface area contributed by atoms with Crippen LogP contribution in [-0.4, -0.2) is 19.6 Å². The molecule has 3 rings (SSSR count). The van der Waals surface area contributed by atoms with Crippen molar-refractivity contribution >= 4 is 5.65 Å². The Kier molecular flexibility index (Phi) is 1.93. The molecule has 78 valence electrons. The van der Waals surface area contributed by atoms with Crippen LogP contribution in [0.2, 0.25) is 0 Å². The fourth-order valence-corrected chi connectivity index (χ4v) is 1.68. The average molecular weight is 210 g/mol. The lowest BCUT2D eigenvalue weighted by molar-refractivity contribution is 0.928. The number of aromatic nitrogens is 4. The van der Waals surface area contributed by atoms with E-state index in [0.717, 1.165) is 22.5 Å². The molecule has 0 saturated carbocycles. The number of rotatable bonds is 1. The van der Waals surface area contributed by atoms with Crippen molar-refractivity contribution in [1.29, 1.82) is 0 Å². The summed E-state index contributed by atoms with van der Waals surface area (Å²) in [6.45, 7) is 2.03. The molecule has 0 bridgehead atoms. The van der Waals surface area contributed by atoms with Gasteiger partial charge < -0.3 is 0 Å². The van der Waals surface area contributed by atoms with Gasteiger partial charge in [0, 0.05) is 24.2 Å². The van der Waals surface area contributed by atoms with Crippen molar-refractivity contribution < 1.29 is 0 Å². The van der Waals surface area contributed by atoms with Gasteiger partial charge in [0.05, 0.1) is 11.9 Å². The third-order valence-corrected chi connectivity index (χ3v) is 2.53. The Labute approximate surface area is 92.6 Å². The predicted octanol–water partition coefficient (Wildman–Crippen LogP) is 2.10. The van der Waals surface area contributed by atoms with Crippen molar-refractivity contribution in [2.75, 3.05) is 0 Å². The van der Waals surface area contributed by atoms with Gasteiger partial charge in [-0.3, -0.25) is 4.98 Å². The third kappa shape index (κ3) is 1.35. The zero-order valence-corrected chi connectivity index (χ0v) is 8.83. The smallest absolute Gasteiger partial charge is 0.157 e. The first-order chi connectivity index (χ1) is 7.84. The van der Waals surface area contributed by atoms with E-state index < -0.39 is 0 Å². The average Bonchev–Trinajstić information content (AvgIpc) is 2.76. The summed E-state index contributed by atoms with van der Waals surface area (Å²) in [4.78, 5) is 8.55. The summed E-state index contributed by atoms with van der Waals surface area (Å²) in [6.07, 6.45) is 7.23. The van der Waals surface area contributed by atoms with Gasteiger partial charge in [0.2, 0.25) is 0 Å². The van der Waals surface area contributed by atoms with E-state index >= 15 is 0 Å². The van der Waals surface area contributed by atoms with Crippen molar-refractivity contribution in [2.45, 2.75) is 6.92 Å². The molecule has 0 spiro atoms. The van der Waals surface area contributed by atoms with E-state index in [0.29, 0.717) is 0 Å². The minimum Gasteiger partial charge on any atom is -0.265 e. The molecule has 0 aliphatic heterocycles. The van der Waals surface area contributed by atoms with Gasteiger partial charge in [-0.15, -0.1) is 0 Å². The molecular weight excluding hydrogens is 200 g/mol. The summed E-state index contributed by atoms with van der Waals surface area (Å²) < 4.78 is 1.80. The Morgan fingerprint density at radius 2 is 1.88 bits per heavy atom. The number of imidazole rings is 1. The Balaban J connectivity index is 2.23. The van der Waals surface area contributed by atoms with Crippen LogP contribution in [0.1, 0.15) is 5.56 Å². The summed E-state index contributed by atoms with van der Waals surface area (Å²) in [5.74, 6) is 0. The van der Waals surface area contributed by atoms with E-state index in [4.69, 9.17) is 0 Å². The van der Waals surface area contributed by atoms with Crippen molar-refractivity contribution in [1.82, 2.24) is 19.6 Å². The molecule has 0 fully saturated rings. The number of hydrogen-bond donors (Lipinski definition) is 0. The summed E-state index contributed by atoms with van der Waals surface area (Å²) >= 11 is 0. The molecule has 4 nitrogen and oxygen atoms in total. The normalized spacial score (nSPS) is 10.8. The molecule has 3 aromatic heterocycles. The van der Waals surface area contributed by atoms with Gasteiger partial charge in [0.1, 0.15) is 0 Å². The van der Waals surface area contributed by atoms with Crippen molar-refractivity contribution in [3.05, 3.63) is 48.5 Å². The van der Waals surface area contributed by atoms with Crippen LogP contribution in [0.5, 0.6) is 0 Å². The zero-order valence-electron chi connectivity index (χ0n) is 8.83. The SMILES string of the molecule is Cc1ccnn2cc(-c3ccncc3)nc12. The van der Waals surface area contributed by atoms with Gasteiger partial charge in [-0.2, -0.15) is 5.10 Å². The predicted molar refractivity (Wildman–Crippen MR) is 61.0 cm³/mol. The molecule has 0 aromatic carbocycles. The van der Waals surface area contributed by atoms with Crippen LogP contribution in [0.3, 0.4) is 0 Å². The van der Waals surface area contributed by atoms with E-state index in [-0.39, 0.29) is 0 Å². The fraction of sp³-hybridized carbons (Fsp3) is 0.0833. The van der Waals surface area contributed by atoms with Crippen molar-refractivity contribution in [2.24, 2.45) is 0 Å². The Morgan fingerprint density at radius 3 is 2.62 bits per heavy atom. The minimum atomic E-state index is 0.898. The van der Waals surface area contributed by atoms with E-state index in [1.54, 1.807) is 23.1 Å². The topological polar surface area (TPSA) is 43.1 Å². The molecule has 4 heteroatoms. The third-order valence-electron chi connectivity index (χ3n) is 2.53. The molecule has 3 aromatic rings. The standard InChI is InChI=1S/C12H10N4/c1-9-2-7-14-16-8-11(15-12(9)16)10-3-5-13-6-4-10/h2-8H,1H3. The van der Waals surface area contributed by atoms with Gasteiger partial charge >= 0.3 is 0 Å². The second-order valence-electron chi connectivity index (χ2n) is 3.64. The Hall–Kier alpha value is -2.23. The molecule has 0 N–H and O–H groups in total. The highest BCUT2D eigenvalue weighted by atomic mass is 15.2. The number of aryl methyl sites for hydroxylation is 1. The molecular formula is C12H10N4. The molecule has 0 aliphatic carbocycles. The highest BCUT2D eigenvalue weighted by Crippen LogP contribution is 2.18. The first-order valence-electron chi connectivity index (χ1n) is 5.06. The van der Waals surface area contributed by atoms with Crippen LogP contribution in [0, 0.1) is 6.92 Å². The van der Waals surface area contributed by atoms with Gasteiger partial charge in [0.15, 0.2) is 5.65 Å². The van der Waals surface area contributed by atoms with E-state index in [9.17, 15) is 0 Å². The highest BCUT2D eigenvalue weighted by Gasteiger charge is 2.05. The van der Waals surface area contributed by atoms with Crippen LogP contribution in [-0.2, 0) is 0 Å². The molecule has 16 heavy (non-hydrogen) atoms. The van der Waals surface area contributed by atoms with E-state index in [2.05, 4.69) is 15.1 Å². The maximum Gasteiger partial charge on any atom is 0.157 e. The first kappa shape index (κ1) is 9.03. The maximum absolute atomic E-state index is 4.56. The molecule has 0 radical (unpaired) electrons. The largest absolute Gasteiger partial charge is 0.265 e. The van der Waals surface area contributed by atoms with Gasteiger partial charge in [-0.05, 0) is 30.7 Å². The summed E-state index contributed by atoms with van der Waals surface area (Å²) in [7, 11) is 0. The molecule has 0 amide bonds. The van der Waals surface area contributed by atoms with Crippen molar-refractivity contribution in [3.8, 4) is 11.3 Å². The second-order valence-corrected chi connectivity index (χ2v) is 3.64. The van der Waals surface area contributed by atoms with Crippen LogP contribution >= 0.6 is 0 Å². The van der Waals surface area contributed by atoms with Crippen LogP contribution < -0.4 is 0 Å². The summed E-state index contributed by atoms with van der Waals surface area (Å²) in [5, 5.41) is 4.23. The molecule has 3 heterocycles. The van der Waals surface area contributed by atoms with Crippen LogP contribution in [0.15, 0.2) is 43.0 Å². The van der Waals surface area contributed by atoms with E-state index in [1.165, 1.54) is 0 Å². The molecule has 0 saturated heterocycles. The number of fused-ring (bicyclic) bond motifs is 1. The quantitative estimate of drug-likeness (QED) is 0.617. The number of nitrogens with zero attached hydrogens (tertiary/aromatic N) is 4. The maximum atomic E-state index is 4.56. The fourth-order valence-electron chi connectivity index (χ4n) is 1.68. The Morgan fingerprint density at radius 1 is 1.06 bits per heavy atom. The number of pyridine rings is 1. The highest BCUT2D eigenvalue weighted by molar-refractivity contribution is 5.62. The Bertz CT molecular complexity index is 628. The monoisotopic (exact) mass is 210 g/mol. The van der Waals surface area contributed by atoms with Crippen molar-refractivity contribution in [3.63, 3.8) is 0 Å². The minimum absolute atomic E-state index is 0.898. The molecule has 0 aliphatic rings. The number of hydrogen-bond acceptors (Lipinski definition) is 3. The van der Waals surface area contributed by atoms with Gasteiger partial charge in [-0.1, -0.05) is 0 Å². The first-order valence-corrected chi connectivity index (χ1v) is 5.06.